The zero-order valence-electron chi connectivity index (χ0n) is 7.67. The number of carbonyl (C=O) groups is 1. The fourth-order valence-corrected chi connectivity index (χ4v) is 1.81. The maximum Gasteiger partial charge on any atom is 0.335 e. The lowest BCUT2D eigenvalue weighted by molar-refractivity contribution is -0.163. The molecule has 0 spiro atoms. The molecule has 1 aliphatic carbocycles. The summed E-state index contributed by atoms with van der Waals surface area (Å²) in [5, 5.41) is 9.61. The van der Waals surface area contributed by atoms with Crippen LogP contribution in [0.5, 0.6) is 0 Å². The van der Waals surface area contributed by atoms with Crippen LogP contribution in [0.15, 0.2) is 0 Å². The van der Waals surface area contributed by atoms with Gasteiger partial charge in [0.05, 0.1) is 7.11 Å². The third-order valence-electron chi connectivity index (χ3n) is 3.06. The fraction of sp³-hybridized carbons (Fsp3) is 0.889. The second-order valence-corrected chi connectivity index (χ2v) is 3.50. The number of aliphatic hydroxyl groups is 1. The van der Waals surface area contributed by atoms with Gasteiger partial charge in [0.1, 0.15) is 0 Å². The van der Waals surface area contributed by atoms with E-state index in [9.17, 15) is 9.90 Å². The summed E-state index contributed by atoms with van der Waals surface area (Å²) in [5.74, 6) is -0.489. The molecule has 1 N–H and O–H groups in total. The molecule has 0 aromatic heterocycles. The van der Waals surface area contributed by atoms with Gasteiger partial charge in [0, 0.05) is 5.41 Å². The van der Waals surface area contributed by atoms with Gasteiger partial charge in [-0.2, -0.15) is 0 Å². The highest BCUT2D eigenvalue weighted by atomic mass is 16.5. The Bertz CT molecular complexity index is 167. The highest BCUT2D eigenvalue weighted by Gasteiger charge is 2.45. The van der Waals surface area contributed by atoms with E-state index in [1.165, 1.54) is 7.11 Å². The average molecular weight is 172 g/mol. The number of esters is 1. The Labute approximate surface area is 72.7 Å². The van der Waals surface area contributed by atoms with E-state index in [-0.39, 0.29) is 5.41 Å². The summed E-state index contributed by atoms with van der Waals surface area (Å²) in [6.07, 6.45) is 2.94. The van der Waals surface area contributed by atoms with Crippen molar-refractivity contribution in [3.63, 3.8) is 0 Å². The van der Waals surface area contributed by atoms with Crippen LogP contribution < -0.4 is 0 Å². The van der Waals surface area contributed by atoms with Gasteiger partial charge in [-0.05, 0) is 19.3 Å². The Morgan fingerprint density at radius 2 is 2.25 bits per heavy atom. The standard InChI is InChI=1S/C9H16O3/c1-3-9(5-4-6-9)7(10)8(11)12-2/h7,10H,3-6H2,1-2H3. The second-order valence-electron chi connectivity index (χ2n) is 3.50. The zero-order valence-corrected chi connectivity index (χ0v) is 7.67. The zero-order chi connectivity index (χ0) is 9.19. The topological polar surface area (TPSA) is 46.5 Å². The van der Waals surface area contributed by atoms with Gasteiger partial charge in [0.25, 0.3) is 0 Å². The van der Waals surface area contributed by atoms with Crippen molar-refractivity contribution < 1.29 is 14.6 Å². The van der Waals surface area contributed by atoms with Crippen molar-refractivity contribution in [1.82, 2.24) is 0 Å². The molecule has 0 saturated heterocycles. The van der Waals surface area contributed by atoms with Crippen molar-refractivity contribution in [2.45, 2.75) is 38.7 Å². The van der Waals surface area contributed by atoms with Gasteiger partial charge >= 0.3 is 5.97 Å². The maximum atomic E-state index is 11.0. The summed E-state index contributed by atoms with van der Waals surface area (Å²) in [6.45, 7) is 2.01. The van der Waals surface area contributed by atoms with Crippen LogP contribution in [0.1, 0.15) is 32.6 Å². The molecular formula is C9H16O3. The van der Waals surface area contributed by atoms with Crippen molar-refractivity contribution in [3.8, 4) is 0 Å². The van der Waals surface area contributed by atoms with Crippen LogP contribution in [0.3, 0.4) is 0 Å². The van der Waals surface area contributed by atoms with Crippen LogP contribution >= 0.6 is 0 Å². The molecular weight excluding hydrogens is 156 g/mol. The highest BCUT2D eigenvalue weighted by Crippen LogP contribution is 2.46. The molecule has 3 nitrogen and oxygen atoms in total. The molecule has 0 aromatic rings. The molecule has 1 saturated carbocycles. The minimum absolute atomic E-state index is 0.174. The van der Waals surface area contributed by atoms with Gasteiger partial charge < -0.3 is 9.84 Å². The highest BCUT2D eigenvalue weighted by molar-refractivity contribution is 5.75. The molecule has 0 aliphatic heterocycles. The number of hydrogen-bond acceptors (Lipinski definition) is 3. The van der Waals surface area contributed by atoms with Crippen LogP contribution in [-0.4, -0.2) is 24.3 Å². The summed E-state index contributed by atoms with van der Waals surface area (Å²) in [6, 6.07) is 0. The Hall–Kier alpha value is -0.570. The Kier molecular flexibility index (Phi) is 2.73. The van der Waals surface area contributed by atoms with Gasteiger partial charge in [0.2, 0.25) is 0 Å². The SMILES string of the molecule is CCC1(C(O)C(=O)OC)CCC1. The Balaban J connectivity index is 2.59. The number of rotatable bonds is 3. The molecule has 1 fully saturated rings. The molecule has 3 heteroatoms. The van der Waals surface area contributed by atoms with Gasteiger partial charge in [-0.15, -0.1) is 0 Å². The van der Waals surface area contributed by atoms with Gasteiger partial charge in [0.15, 0.2) is 6.10 Å². The summed E-state index contributed by atoms with van der Waals surface area (Å²) < 4.78 is 4.51. The Morgan fingerprint density at radius 1 is 1.67 bits per heavy atom. The maximum absolute atomic E-state index is 11.0. The smallest absolute Gasteiger partial charge is 0.335 e. The molecule has 0 aromatic carbocycles. The van der Waals surface area contributed by atoms with Crippen molar-refractivity contribution >= 4 is 5.97 Å². The molecule has 1 unspecified atom stereocenters. The normalized spacial score (nSPS) is 22.6. The number of hydrogen-bond donors (Lipinski definition) is 1. The van der Waals surface area contributed by atoms with Crippen molar-refractivity contribution in [3.05, 3.63) is 0 Å². The minimum atomic E-state index is -0.916. The number of carbonyl (C=O) groups excluding carboxylic acids is 1. The number of methoxy groups -OCH3 is 1. The predicted molar refractivity (Wildman–Crippen MR) is 44.6 cm³/mol. The molecule has 0 amide bonds. The van der Waals surface area contributed by atoms with E-state index in [0.717, 1.165) is 25.7 Å². The molecule has 1 rings (SSSR count). The first-order valence-corrected chi connectivity index (χ1v) is 4.42. The summed E-state index contributed by atoms with van der Waals surface area (Å²) in [5.41, 5.74) is -0.174. The molecule has 70 valence electrons. The summed E-state index contributed by atoms with van der Waals surface area (Å²) in [4.78, 5) is 11.0. The lowest BCUT2D eigenvalue weighted by Crippen LogP contribution is -2.45. The molecule has 0 heterocycles. The van der Waals surface area contributed by atoms with E-state index in [4.69, 9.17) is 0 Å². The fourth-order valence-electron chi connectivity index (χ4n) is 1.81. The van der Waals surface area contributed by atoms with Gasteiger partial charge in [-0.25, -0.2) is 4.79 Å². The van der Waals surface area contributed by atoms with E-state index in [0.29, 0.717) is 0 Å². The van der Waals surface area contributed by atoms with E-state index >= 15 is 0 Å². The van der Waals surface area contributed by atoms with Crippen molar-refractivity contribution in [2.24, 2.45) is 5.41 Å². The quantitative estimate of drug-likeness (QED) is 0.648. The predicted octanol–water partition coefficient (Wildman–Crippen LogP) is 1.10. The van der Waals surface area contributed by atoms with Crippen LogP contribution in [0.2, 0.25) is 0 Å². The monoisotopic (exact) mass is 172 g/mol. The molecule has 1 aliphatic rings. The third-order valence-corrected chi connectivity index (χ3v) is 3.06. The minimum Gasteiger partial charge on any atom is -0.467 e. The van der Waals surface area contributed by atoms with Gasteiger partial charge in [-0.1, -0.05) is 13.3 Å². The van der Waals surface area contributed by atoms with Crippen LogP contribution in [-0.2, 0) is 9.53 Å². The van der Waals surface area contributed by atoms with E-state index < -0.39 is 12.1 Å². The first-order valence-electron chi connectivity index (χ1n) is 4.42. The third kappa shape index (κ3) is 1.33. The Morgan fingerprint density at radius 3 is 2.50 bits per heavy atom. The molecule has 12 heavy (non-hydrogen) atoms. The van der Waals surface area contributed by atoms with E-state index in [1.54, 1.807) is 0 Å². The summed E-state index contributed by atoms with van der Waals surface area (Å²) >= 11 is 0. The average Bonchev–Trinajstić information content (AvgIpc) is 2.02. The van der Waals surface area contributed by atoms with Crippen molar-refractivity contribution in [1.29, 1.82) is 0 Å². The lowest BCUT2D eigenvalue weighted by Gasteiger charge is -2.43. The molecule has 1 atom stereocenters. The van der Waals surface area contributed by atoms with Crippen LogP contribution in [0.25, 0.3) is 0 Å². The molecule has 0 bridgehead atoms. The second kappa shape index (κ2) is 3.44. The van der Waals surface area contributed by atoms with Crippen LogP contribution in [0, 0.1) is 5.41 Å². The largest absolute Gasteiger partial charge is 0.467 e. The first-order chi connectivity index (χ1) is 5.66. The van der Waals surface area contributed by atoms with Crippen LogP contribution in [0.4, 0.5) is 0 Å². The van der Waals surface area contributed by atoms with Gasteiger partial charge in [-0.3, -0.25) is 0 Å². The van der Waals surface area contributed by atoms with E-state index in [1.807, 2.05) is 6.92 Å². The first kappa shape index (κ1) is 9.52. The van der Waals surface area contributed by atoms with Crippen molar-refractivity contribution in [2.75, 3.05) is 7.11 Å². The lowest BCUT2D eigenvalue weighted by atomic mass is 9.63. The number of ether oxygens (including phenoxy) is 1. The molecule has 0 radical (unpaired) electrons. The summed E-state index contributed by atoms with van der Waals surface area (Å²) in [7, 11) is 1.31. The van der Waals surface area contributed by atoms with E-state index in [2.05, 4.69) is 4.74 Å². The number of aliphatic hydroxyl groups excluding tert-OH is 1.